The van der Waals surface area contributed by atoms with Gasteiger partial charge in [-0.1, -0.05) is 26.5 Å². The van der Waals surface area contributed by atoms with Crippen molar-refractivity contribution in [2.75, 3.05) is 13.2 Å². The zero-order chi connectivity index (χ0) is 12.9. The summed E-state index contributed by atoms with van der Waals surface area (Å²) < 4.78 is 24.3. The van der Waals surface area contributed by atoms with Gasteiger partial charge in [0.25, 0.3) is 0 Å². The van der Waals surface area contributed by atoms with Gasteiger partial charge >= 0.3 is 0 Å². The Labute approximate surface area is 102 Å². The smallest absolute Gasteiger partial charge is 0.184 e. The van der Waals surface area contributed by atoms with Gasteiger partial charge in [0.1, 0.15) is 18.2 Å². The van der Waals surface area contributed by atoms with Crippen LogP contribution in [0.1, 0.15) is 20.3 Å². The molecule has 0 aromatic rings. The molecule has 0 aromatic carbocycles. The van der Waals surface area contributed by atoms with E-state index in [1.165, 1.54) is 6.08 Å². The van der Waals surface area contributed by atoms with Crippen LogP contribution >= 0.6 is 0 Å². The van der Waals surface area contributed by atoms with E-state index in [1.807, 2.05) is 0 Å². The molecule has 96 valence electrons. The van der Waals surface area contributed by atoms with Crippen LogP contribution in [0.3, 0.4) is 0 Å². The van der Waals surface area contributed by atoms with Gasteiger partial charge in [-0.05, 0) is 6.08 Å². The van der Waals surface area contributed by atoms with Gasteiger partial charge in [0.15, 0.2) is 5.72 Å². The minimum atomic E-state index is -0.859. The van der Waals surface area contributed by atoms with Crippen molar-refractivity contribution in [2.45, 2.75) is 26.0 Å². The van der Waals surface area contributed by atoms with E-state index in [-0.39, 0.29) is 11.7 Å². The lowest BCUT2D eigenvalue weighted by atomic mass is 10.1. The van der Waals surface area contributed by atoms with E-state index in [2.05, 4.69) is 6.58 Å². The Morgan fingerprint density at radius 3 is 2.76 bits per heavy atom. The molecule has 0 radical (unpaired) electrons. The van der Waals surface area contributed by atoms with Crippen molar-refractivity contribution in [3.63, 3.8) is 0 Å². The number of rotatable bonds is 5. The Hall–Kier alpha value is -1.13. The van der Waals surface area contributed by atoms with Crippen molar-refractivity contribution in [3.05, 3.63) is 36.4 Å². The molecule has 3 nitrogen and oxygen atoms in total. The normalized spacial score (nSPS) is 26.4. The van der Waals surface area contributed by atoms with Crippen molar-refractivity contribution in [3.8, 4) is 0 Å². The van der Waals surface area contributed by atoms with Crippen LogP contribution in [0.25, 0.3) is 0 Å². The van der Waals surface area contributed by atoms with Gasteiger partial charge in [-0.2, -0.15) is 0 Å². The third kappa shape index (κ3) is 4.32. The maximum Gasteiger partial charge on any atom is 0.184 e. The molecule has 0 saturated carbocycles. The summed E-state index contributed by atoms with van der Waals surface area (Å²) in [5.74, 6) is -0.0554. The van der Waals surface area contributed by atoms with Gasteiger partial charge in [-0.15, -0.1) is 0 Å². The van der Waals surface area contributed by atoms with Gasteiger partial charge < -0.3 is 9.47 Å². The first-order valence-electron chi connectivity index (χ1n) is 5.72. The summed E-state index contributed by atoms with van der Waals surface area (Å²) in [5, 5.41) is 0. The van der Waals surface area contributed by atoms with Crippen molar-refractivity contribution in [1.29, 1.82) is 0 Å². The number of ether oxygens (including phenoxy) is 2. The summed E-state index contributed by atoms with van der Waals surface area (Å²) in [4.78, 5) is 0. The van der Waals surface area contributed by atoms with Crippen molar-refractivity contribution < 1.29 is 13.9 Å². The summed E-state index contributed by atoms with van der Waals surface area (Å²) in [6.45, 7) is 8.00. The van der Waals surface area contributed by atoms with Crippen LogP contribution in [0.4, 0.5) is 4.39 Å². The third-order valence-corrected chi connectivity index (χ3v) is 2.45. The van der Waals surface area contributed by atoms with Crippen LogP contribution < -0.4 is 5.73 Å². The number of halogens is 1. The van der Waals surface area contributed by atoms with Crippen LogP contribution in [0.5, 0.6) is 0 Å². The fraction of sp³-hybridized carbons (Fsp3) is 0.538. The number of nitrogens with two attached hydrogens (primary N) is 1. The standard InChI is InChI=1S/C13H20FNO2/c1-4-5-11(8-12(14)10(2)3)17-13(15)6-7-16-9-13/h4-5,8,10H,1,6-7,9,15H2,2-3H3/b11-5+,12-8+/t13-/m1/s1. The highest BCUT2D eigenvalue weighted by molar-refractivity contribution is 5.21. The van der Waals surface area contributed by atoms with Crippen molar-refractivity contribution in [1.82, 2.24) is 0 Å². The second-order valence-electron chi connectivity index (χ2n) is 4.46. The molecule has 2 N–H and O–H groups in total. The fourth-order valence-electron chi connectivity index (χ4n) is 1.41. The van der Waals surface area contributed by atoms with E-state index in [4.69, 9.17) is 15.2 Å². The van der Waals surface area contributed by atoms with E-state index in [1.54, 1.807) is 26.0 Å². The average Bonchev–Trinajstić information content (AvgIpc) is 2.65. The quantitative estimate of drug-likeness (QED) is 0.457. The molecule has 1 aliphatic rings. The van der Waals surface area contributed by atoms with Crippen molar-refractivity contribution >= 4 is 0 Å². The number of hydrogen-bond donors (Lipinski definition) is 1. The number of hydrogen-bond acceptors (Lipinski definition) is 3. The molecule has 1 aliphatic heterocycles. The molecule has 17 heavy (non-hydrogen) atoms. The topological polar surface area (TPSA) is 44.5 Å². The molecule has 0 aliphatic carbocycles. The molecule has 1 fully saturated rings. The minimum absolute atomic E-state index is 0.180. The fourth-order valence-corrected chi connectivity index (χ4v) is 1.41. The molecule has 4 heteroatoms. The Balaban J connectivity index is 2.77. The average molecular weight is 241 g/mol. The van der Waals surface area contributed by atoms with Crippen LogP contribution in [-0.4, -0.2) is 18.9 Å². The summed E-state index contributed by atoms with van der Waals surface area (Å²) in [7, 11) is 0. The van der Waals surface area contributed by atoms with E-state index in [0.717, 1.165) is 0 Å². The minimum Gasteiger partial charge on any atom is -0.470 e. The SMILES string of the molecule is C=C/C=C(\C=C(\F)C(C)C)O[C@]1(N)CCOC1. The molecule has 1 atom stereocenters. The van der Waals surface area contributed by atoms with Gasteiger partial charge in [0.2, 0.25) is 0 Å². The summed E-state index contributed by atoms with van der Waals surface area (Å²) in [6, 6.07) is 0. The Morgan fingerprint density at radius 1 is 1.59 bits per heavy atom. The molecule has 0 bridgehead atoms. The second-order valence-corrected chi connectivity index (χ2v) is 4.46. The predicted octanol–water partition coefficient (Wildman–Crippen LogP) is 2.66. The molecule has 0 amide bonds. The summed E-state index contributed by atoms with van der Waals surface area (Å²) in [5.41, 5.74) is 5.11. The first-order chi connectivity index (χ1) is 7.97. The lowest BCUT2D eigenvalue weighted by molar-refractivity contribution is 0.00393. The highest BCUT2D eigenvalue weighted by Crippen LogP contribution is 2.23. The van der Waals surface area contributed by atoms with Gasteiger partial charge in [0.05, 0.1) is 6.61 Å². The van der Waals surface area contributed by atoms with Crippen LogP contribution in [0.15, 0.2) is 36.4 Å². The maximum atomic E-state index is 13.5. The van der Waals surface area contributed by atoms with Crippen LogP contribution in [0.2, 0.25) is 0 Å². The first-order valence-corrected chi connectivity index (χ1v) is 5.72. The summed E-state index contributed by atoms with van der Waals surface area (Å²) in [6.07, 6.45) is 5.07. The molecule has 0 aromatic heterocycles. The van der Waals surface area contributed by atoms with E-state index in [9.17, 15) is 4.39 Å². The Bertz CT molecular complexity index is 328. The van der Waals surface area contributed by atoms with Gasteiger partial charge in [-0.25, -0.2) is 4.39 Å². The second kappa shape index (κ2) is 5.98. The largest absolute Gasteiger partial charge is 0.470 e. The van der Waals surface area contributed by atoms with Crippen LogP contribution in [0, 0.1) is 5.92 Å². The van der Waals surface area contributed by atoms with E-state index in [0.29, 0.717) is 25.4 Å². The summed E-state index contributed by atoms with van der Waals surface area (Å²) >= 11 is 0. The molecular weight excluding hydrogens is 221 g/mol. The monoisotopic (exact) mass is 241 g/mol. The third-order valence-electron chi connectivity index (χ3n) is 2.45. The highest BCUT2D eigenvalue weighted by Gasteiger charge is 2.33. The molecule has 0 spiro atoms. The van der Waals surface area contributed by atoms with Gasteiger partial charge in [0, 0.05) is 18.4 Å². The lowest BCUT2D eigenvalue weighted by Crippen LogP contribution is -2.42. The van der Waals surface area contributed by atoms with Gasteiger partial charge in [-0.3, -0.25) is 5.73 Å². The van der Waals surface area contributed by atoms with E-state index >= 15 is 0 Å². The molecular formula is C13H20FNO2. The van der Waals surface area contributed by atoms with Crippen LogP contribution in [-0.2, 0) is 9.47 Å². The number of allylic oxidation sites excluding steroid dienone is 4. The molecule has 1 rings (SSSR count). The Morgan fingerprint density at radius 2 is 2.29 bits per heavy atom. The van der Waals surface area contributed by atoms with E-state index < -0.39 is 5.72 Å². The molecule has 1 saturated heterocycles. The Kier molecular flexibility index (Phi) is 4.90. The zero-order valence-electron chi connectivity index (χ0n) is 10.4. The zero-order valence-corrected chi connectivity index (χ0v) is 10.4. The first kappa shape index (κ1) is 13.9. The molecule has 0 unspecified atom stereocenters. The highest BCUT2D eigenvalue weighted by atomic mass is 19.1. The lowest BCUT2D eigenvalue weighted by Gasteiger charge is -2.24. The van der Waals surface area contributed by atoms with Crippen molar-refractivity contribution in [2.24, 2.45) is 11.7 Å². The maximum absolute atomic E-state index is 13.5. The molecule has 1 heterocycles. The predicted molar refractivity (Wildman–Crippen MR) is 65.7 cm³/mol.